The molecule has 2 N–H and O–H groups in total. The number of carbonyl (C=O) groups excluding carboxylic acids is 1. The minimum atomic E-state index is -0.857. The molecule has 0 fully saturated rings. The van der Waals surface area contributed by atoms with Crippen LogP contribution >= 0.6 is 11.3 Å². The van der Waals surface area contributed by atoms with E-state index in [2.05, 4.69) is 10.3 Å². The summed E-state index contributed by atoms with van der Waals surface area (Å²) < 4.78 is 1.10. The van der Waals surface area contributed by atoms with Crippen LogP contribution in [-0.4, -0.2) is 28.5 Å². The summed E-state index contributed by atoms with van der Waals surface area (Å²) in [6.07, 6.45) is 0.939. The van der Waals surface area contributed by atoms with Crippen LogP contribution in [-0.2, 0) is 21.4 Å². The second-order valence-electron chi connectivity index (χ2n) is 6.70. The molecule has 5 nitrogen and oxygen atoms in total. The van der Waals surface area contributed by atoms with Crippen molar-refractivity contribution in [3.05, 3.63) is 65.2 Å². The van der Waals surface area contributed by atoms with Crippen LogP contribution in [0.4, 0.5) is 0 Å². The van der Waals surface area contributed by atoms with Crippen LogP contribution < -0.4 is 5.32 Å². The van der Waals surface area contributed by atoms with E-state index in [0.717, 1.165) is 20.8 Å². The van der Waals surface area contributed by atoms with E-state index in [1.54, 1.807) is 11.3 Å². The van der Waals surface area contributed by atoms with Crippen molar-refractivity contribution in [1.82, 2.24) is 10.3 Å². The molecule has 0 spiro atoms. The molecule has 0 aliphatic rings. The summed E-state index contributed by atoms with van der Waals surface area (Å²) in [5.74, 6) is -0.970. The predicted molar refractivity (Wildman–Crippen MR) is 107 cm³/mol. The Bertz CT molecular complexity index is 906. The lowest BCUT2D eigenvalue weighted by Crippen LogP contribution is -2.44. The molecule has 0 saturated carbocycles. The van der Waals surface area contributed by atoms with Crippen LogP contribution in [0.3, 0.4) is 0 Å². The number of carboxylic acid groups (broad SMARTS) is 1. The van der Waals surface area contributed by atoms with Gasteiger partial charge in [-0.15, -0.1) is 11.3 Å². The number of thiazole rings is 1. The van der Waals surface area contributed by atoms with E-state index in [1.165, 1.54) is 0 Å². The van der Waals surface area contributed by atoms with E-state index < -0.39 is 11.4 Å². The first-order valence-electron chi connectivity index (χ1n) is 8.89. The SMILES string of the molecule is CC(Cc1nc2ccccc2s1)(C(=O)NCCCC(=O)O)c1ccccc1. The van der Waals surface area contributed by atoms with Crippen molar-refractivity contribution in [3.63, 3.8) is 0 Å². The molecule has 1 heterocycles. The molecule has 0 bridgehead atoms. The van der Waals surface area contributed by atoms with Gasteiger partial charge in [-0.05, 0) is 31.0 Å². The number of rotatable bonds is 8. The molecule has 0 radical (unpaired) electrons. The smallest absolute Gasteiger partial charge is 0.303 e. The van der Waals surface area contributed by atoms with E-state index in [0.29, 0.717) is 19.4 Å². The fourth-order valence-electron chi connectivity index (χ4n) is 3.05. The summed E-state index contributed by atoms with van der Waals surface area (Å²) in [6, 6.07) is 17.6. The minimum Gasteiger partial charge on any atom is -0.481 e. The number of carboxylic acids is 1. The first kappa shape index (κ1) is 19.0. The van der Waals surface area contributed by atoms with E-state index in [4.69, 9.17) is 5.11 Å². The first-order chi connectivity index (χ1) is 13.0. The Labute approximate surface area is 162 Å². The van der Waals surface area contributed by atoms with Gasteiger partial charge in [0.15, 0.2) is 0 Å². The second-order valence-corrected chi connectivity index (χ2v) is 7.82. The fraction of sp³-hybridized carbons (Fsp3) is 0.286. The average molecular weight is 382 g/mol. The molecule has 0 aliphatic carbocycles. The summed E-state index contributed by atoms with van der Waals surface area (Å²) in [6.45, 7) is 2.26. The molecule has 3 aromatic rings. The van der Waals surface area contributed by atoms with Gasteiger partial charge in [-0.1, -0.05) is 42.5 Å². The van der Waals surface area contributed by atoms with Gasteiger partial charge in [0.2, 0.25) is 5.91 Å². The Morgan fingerprint density at radius 1 is 1.11 bits per heavy atom. The van der Waals surface area contributed by atoms with Gasteiger partial charge in [0.05, 0.1) is 20.6 Å². The number of carbonyl (C=O) groups is 2. The van der Waals surface area contributed by atoms with Crippen LogP contribution in [0.25, 0.3) is 10.2 Å². The Kier molecular flexibility index (Phi) is 5.86. The zero-order valence-electron chi connectivity index (χ0n) is 15.1. The highest BCUT2D eigenvalue weighted by Crippen LogP contribution is 2.32. The van der Waals surface area contributed by atoms with Crippen molar-refractivity contribution >= 4 is 33.4 Å². The molecule has 1 amide bonds. The Morgan fingerprint density at radius 2 is 1.81 bits per heavy atom. The molecular weight excluding hydrogens is 360 g/mol. The molecule has 1 aromatic heterocycles. The summed E-state index contributed by atoms with van der Waals surface area (Å²) in [5, 5.41) is 12.6. The first-order valence-corrected chi connectivity index (χ1v) is 9.71. The molecule has 140 valence electrons. The molecule has 2 aromatic carbocycles. The van der Waals surface area contributed by atoms with Crippen molar-refractivity contribution in [2.75, 3.05) is 6.54 Å². The maximum atomic E-state index is 13.0. The van der Waals surface area contributed by atoms with Crippen LogP contribution in [0, 0.1) is 0 Å². The van der Waals surface area contributed by atoms with E-state index >= 15 is 0 Å². The minimum absolute atomic E-state index is 0.0419. The average Bonchev–Trinajstić information content (AvgIpc) is 3.07. The molecule has 1 unspecified atom stereocenters. The lowest BCUT2D eigenvalue weighted by atomic mass is 9.78. The number of aromatic nitrogens is 1. The van der Waals surface area contributed by atoms with Crippen molar-refractivity contribution in [3.8, 4) is 0 Å². The van der Waals surface area contributed by atoms with Crippen molar-refractivity contribution < 1.29 is 14.7 Å². The molecule has 1 atom stereocenters. The van der Waals surface area contributed by atoms with Crippen molar-refractivity contribution in [2.45, 2.75) is 31.6 Å². The number of hydrogen-bond acceptors (Lipinski definition) is 4. The zero-order valence-corrected chi connectivity index (χ0v) is 16.0. The van der Waals surface area contributed by atoms with Crippen molar-refractivity contribution in [2.24, 2.45) is 0 Å². The van der Waals surface area contributed by atoms with Gasteiger partial charge in [0, 0.05) is 19.4 Å². The number of hydrogen-bond donors (Lipinski definition) is 2. The highest BCUT2D eigenvalue weighted by atomic mass is 32.1. The fourth-order valence-corrected chi connectivity index (χ4v) is 4.18. The maximum absolute atomic E-state index is 13.0. The highest BCUT2D eigenvalue weighted by Gasteiger charge is 2.36. The van der Waals surface area contributed by atoms with Gasteiger partial charge < -0.3 is 10.4 Å². The number of fused-ring (bicyclic) bond motifs is 1. The molecule has 0 saturated heterocycles. The normalized spacial score (nSPS) is 13.2. The third kappa shape index (κ3) is 4.52. The van der Waals surface area contributed by atoms with Crippen LogP contribution in [0.2, 0.25) is 0 Å². The Balaban J connectivity index is 1.83. The maximum Gasteiger partial charge on any atom is 0.303 e. The molecule has 0 aliphatic heterocycles. The highest BCUT2D eigenvalue weighted by molar-refractivity contribution is 7.18. The monoisotopic (exact) mass is 382 g/mol. The molecule has 3 rings (SSSR count). The Morgan fingerprint density at radius 3 is 2.52 bits per heavy atom. The quantitative estimate of drug-likeness (QED) is 0.581. The van der Waals surface area contributed by atoms with Gasteiger partial charge in [0.1, 0.15) is 0 Å². The third-order valence-electron chi connectivity index (χ3n) is 4.61. The van der Waals surface area contributed by atoms with E-state index in [-0.39, 0.29) is 12.3 Å². The summed E-state index contributed by atoms with van der Waals surface area (Å²) in [5.41, 5.74) is 1.08. The summed E-state index contributed by atoms with van der Waals surface area (Å²) >= 11 is 1.60. The molecule has 6 heteroatoms. The Hall–Kier alpha value is -2.73. The van der Waals surface area contributed by atoms with Gasteiger partial charge in [0.25, 0.3) is 0 Å². The number of para-hydroxylation sites is 1. The zero-order chi connectivity index (χ0) is 19.3. The van der Waals surface area contributed by atoms with E-state index in [1.807, 2.05) is 61.5 Å². The lowest BCUT2D eigenvalue weighted by molar-refractivity contribution is -0.137. The predicted octanol–water partition coefficient (Wildman–Crippen LogP) is 3.78. The van der Waals surface area contributed by atoms with Crippen LogP contribution in [0.5, 0.6) is 0 Å². The van der Waals surface area contributed by atoms with E-state index in [9.17, 15) is 9.59 Å². The topological polar surface area (TPSA) is 79.3 Å². The summed E-state index contributed by atoms with van der Waals surface area (Å²) in [4.78, 5) is 28.4. The van der Waals surface area contributed by atoms with Gasteiger partial charge in [-0.25, -0.2) is 4.98 Å². The standard InChI is InChI=1S/C21H22N2O3S/c1-21(15-8-3-2-4-9-15,20(26)22-13-7-12-19(24)25)14-18-23-16-10-5-6-11-17(16)27-18/h2-6,8-11H,7,12-14H2,1H3,(H,22,26)(H,24,25). The van der Waals surface area contributed by atoms with Crippen LogP contribution in [0.1, 0.15) is 30.3 Å². The van der Waals surface area contributed by atoms with Gasteiger partial charge >= 0.3 is 5.97 Å². The second kappa shape index (κ2) is 8.31. The number of nitrogens with zero attached hydrogens (tertiary/aromatic N) is 1. The number of nitrogens with one attached hydrogen (secondary N) is 1. The molecular formula is C21H22N2O3S. The number of benzene rings is 2. The largest absolute Gasteiger partial charge is 0.481 e. The van der Waals surface area contributed by atoms with Gasteiger partial charge in [-0.2, -0.15) is 0 Å². The number of amides is 1. The number of aliphatic carboxylic acids is 1. The molecule has 27 heavy (non-hydrogen) atoms. The van der Waals surface area contributed by atoms with Crippen LogP contribution in [0.15, 0.2) is 54.6 Å². The third-order valence-corrected chi connectivity index (χ3v) is 5.64. The van der Waals surface area contributed by atoms with Crippen molar-refractivity contribution in [1.29, 1.82) is 0 Å². The van der Waals surface area contributed by atoms with Gasteiger partial charge in [-0.3, -0.25) is 9.59 Å². The lowest BCUT2D eigenvalue weighted by Gasteiger charge is -2.28. The summed E-state index contributed by atoms with van der Waals surface area (Å²) in [7, 11) is 0.